The number of nitrogens with zero attached hydrogens (tertiary/aromatic N) is 1. The summed E-state index contributed by atoms with van der Waals surface area (Å²) in [5.74, 6) is 0.884. The Morgan fingerprint density at radius 2 is 2.24 bits per heavy atom. The normalized spacial score (nSPS) is 11.7. The highest BCUT2D eigenvalue weighted by molar-refractivity contribution is 9.09. The zero-order chi connectivity index (χ0) is 15.1. The topological polar surface area (TPSA) is 22.1 Å². The summed E-state index contributed by atoms with van der Waals surface area (Å²) in [6, 6.07) is 6.15. The van der Waals surface area contributed by atoms with Crippen molar-refractivity contribution in [3.05, 3.63) is 60.3 Å². The average molecular weight is 364 g/mol. The molecule has 0 N–H and O–H groups in total. The van der Waals surface area contributed by atoms with Crippen LogP contribution in [0.1, 0.15) is 12.6 Å². The van der Waals surface area contributed by atoms with Gasteiger partial charge in [0.05, 0.1) is 10.4 Å². The van der Waals surface area contributed by atoms with Gasteiger partial charge in [0.15, 0.2) is 0 Å². The van der Waals surface area contributed by atoms with Crippen molar-refractivity contribution in [3.8, 4) is 5.75 Å². The predicted octanol–water partition coefficient (Wildman–Crippen LogP) is 5.30. The van der Waals surface area contributed by atoms with Gasteiger partial charge in [-0.15, -0.1) is 0 Å². The van der Waals surface area contributed by atoms with Crippen LogP contribution >= 0.6 is 27.5 Å². The van der Waals surface area contributed by atoms with Crippen LogP contribution in [-0.2, 0) is 6.42 Å². The number of alkyl halides is 1. The molecule has 0 radical (unpaired) electrons. The summed E-state index contributed by atoms with van der Waals surface area (Å²) in [6.45, 7) is 6.44. The Morgan fingerprint density at radius 1 is 1.38 bits per heavy atom. The summed E-state index contributed by atoms with van der Waals surface area (Å²) in [6.07, 6.45) is 8.99. The van der Waals surface area contributed by atoms with E-state index in [1.165, 1.54) is 16.9 Å². The minimum atomic E-state index is 0.587. The smallest absolute Gasteiger partial charge is 0.121 e. The fourth-order valence-electron chi connectivity index (χ4n) is 1.85. The maximum absolute atomic E-state index is 5.68. The molecule has 2 nitrogen and oxygen atoms in total. The molecule has 0 aliphatic heterocycles. The number of fused-ring (bicyclic) bond motifs is 1. The van der Waals surface area contributed by atoms with E-state index in [2.05, 4.69) is 45.1 Å². The predicted molar refractivity (Wildman–Crippen MR) is 95.7 cm³/mol. The summed E-state index contributed by atoms with van der Waals surface area (Å²) in [5, 5.41) is 2.06. The van der Waals surface area contributed by atoms with Crippen LogP contribution in [0.5, 0.6) is 5.75 Å². The van der Waals surface area contributed by atoms with Gasteiger partial charge in [0.1, 0.15) is 12.4 Å². The molecule has 0 unspecified atom stereocenters. The first-order valence-corrected chi connectivity index (χ1v) is 8.64. The molecule has 1 aromatic heterocycles. The van der Waals surface area contributed by atoms with Gasteiger partial charge in [-0.1, -0.05) is 52.4 Å². The van der Waals surface area contributed by atoms with E-state index in [9.17, 15) is 0 Å². The average Bonchev–Trinajstić information content (AvgIpc) is 2.86. The van der Waals surface area contributed by atoms with Gasteiger partial charge >= 0.3 is 0 Å². The van der Waals surface area contributed by atoms with Gasteiger partial charge < -0.3 is 4.74 Å². The van der Waals surface area contributed by atoms with Crippen molar-refractivity contribution in [2.45, 2.75) is 13.3 Å². The number of rotatable bonds is 7. The Bertz CT molecular complexity index is 672. The van der Waals surface area contributed by atoms with Gasteiger partial charge in [-0.25, -0.2) is 0 Å². The molecule has 21 heavy (non-hydrogen) atoms. The molecular formula is C17H18BrNOS. The second kappa shape index (κ2) is 8.15. The van der Waals surface area contributed by atoms with Crippen molar-refractivity contribution in [2.75, 3.05) is 11.9 Å². The highest BCUT2D eigenvalue weighted by Crippen LogP contribution is 2.27. The zero-order valence-corrected chi connectivity index (χ0v) is 14.4. The highest BCUT2D eigenvalue weighted by Gasteiger charge is 2.06. The van der Waals surface area contributed by atoms with Crippen molar-refractivity contribution in [1.29, 1.82) is 0 Å². The van der Waals surface area contributed by atoms with Crippen molar-refractivity contribution in [3.63, 3.8) is 0 Å². The van der Waals surface area contributed by atoms with Crippen LogP contribution in [0, 0.1) is 0 Å². The molecule has 2 rings (SSSR count). The van der Waals surface area contributed by atoms with Crippen molar-refractivity contribution >= 4 is 37.5 Å². The van der Waals surface area contributed by atoms with E-state index < -0.39 is 0 Å². The van der Waals surface area contributed by atoms with Crippen LogP contribution in [0.2, 0.25) is 0 Å². The first-order chi connectivity index (χ1) is 10.2. The molecule has 4 heteroatoms. The van der Waals surface area contributed by atoms with Gasteiger partial charge in [-0.05, 0) is 36.7 Å². The fourth-order valence-corrected chi connectivity index (χ4v) is 2.95. The Kier molecular flexibility index (Phi) is 6.21. The molecule has 0 bridgehead atoms. The standard InChI is InChI=1S/C17H18BrNOS/c1-13(2)6-5-7-16-15-9-8-14(12-17(15)21-19-16)20-11-4-3-10-18/h3-6,8-9,12H,1,7,10-11H2,2H3/b4-3+,6-5+. The van der Waals surface area contributed by atoms with Gasteiger partial charge in [-0.2, -0.15) is 4.37 Å². The largest absolute Gasteiger partial charge is 0.489 e. The number of hydrogen-bond acceptors (Lipinski definition) is 3. The third kappa shape index (κ3) is 4.83. The molecule has 1 aromatic carbocycles. The van der Waals surface area contributed by atoms with E-state index in [-0.39, 0.29) is 0 Å². The van der Waals surface area contributed by atoms with E-state index >= 15 is 0 Å². The third-order valence-electron chi connectivity index (χ3n) is 2.83. The maximum atomic E-state index is 5.68. The first-order valence-electron chi connectivity index (χ1n) is 6.75. The maximum Gasteiger partial charge on any atom is 0.121 e. The second-order valence-corrected chi connectivity index (χ2v) is 6.13. The van der Waals surface area contributed by atoms with Crippen molar-refractivity contribution in [2.24, 2.45) is 0 Å². The minimum absolute atomic E-state index is 0.587. The lowest BCUT2D eigenvalue weighted by Gasteiger charge is -2.02. The number of hydrogen-bond donors (Lipinski definition) is 0. The molecule has 0 aliphatic carbocycles. The lowest BCUT2D eigenvalue weighted by atomic mass is 10.1. The van der Waals surface area contributed by atoms with Gasteiger partial charge in [-0.3, -0.25) is 0 Å². The van der Waals surface area contributed by atoms with E-state index in [0.717, 1.165) is 33.5 Å². The van der Waals surface area contributed by atoms with Gasteiger partial charge in [0.25, 0.3) is 0 Å². The summed E-state index contributed by atoms with van der Waals surface area (Å²) >= 11 is 4.86. The van der Waals surface area contributed by atoms with Crippen LogP contribution in [-0.4, -0.2) is 16.3 Å². The molecule has 0 saturated heterocycles. The van der Waals surface area contributed by atoms with Gasteiger partial charge in [0, 0.05) is 17.1 Å². The van der Waals surface area contributed by atoms with Crippen molar-refractivity contribution in [1.82, 2.24) is 4.37 Å². The lowest BCUT2D eigenvalue weighted by molar-refractivity contribution is 0.363. The Balaban J connectivity index is 2.07. The Hall–Kier alpha value is -1.39. The fraction of sp³-hybridized carbons (Fsp3) is 0.235. The molecule has 0 saturated carbocycles. The number of halogens is 1. The number of ether oxygens (including phenoxy) is 1. The van der Waals surface area contributed by atoms with Crippen LogP contribution in [0.4, 0.5) is 0 Å². The summed E-state index contributed by atoms with van der Waals surface area (Å²) < 4.78 is 11.4. The SMILES string of the molecule is C=C(C)/C=C/Cc1nsc2cc(OC/C=C/CBr)ccc12. The van der Waals surface area contributed by atoms with Crippen LogP contribution in [0.3, 0.4) is 0 Å². The quantitative estimate of drug-likeness (QED) is 0.378. The molecule has 0 amide bonds. The number of aromatic nitrogens is 1. The third-order valence-corrected chi connectivity index (χ3v) is 4.05. The monoisotopic (exact) mass is 363 g/mol. The number of benzene rings is 1. The van der Waals surface area contributed by atoms with Crippen LogP contribution in [0.15, 0.2) is 54.7 Å². The Morgan fingerprint density at radius 3 is 3.00 bits per heavy atom. The van der Waals surface area contributed by atoms with E-state index in [1.807, 2.05) is 31.2 Å². The lowest BCUT2D eigenvalue weighted by Crippen LogP contribution is -1.92. The molecule has 2 aromatic rings. The van der Waals surface area contributed by atoms with E-state index in [0.29, 0.717) is 6.61 Å². The molecule has 110 valence electrons. The molecule has 0 fully saturated rings. The first kappa shape index (κ1) is 16.0. The Labute approximate surface area is 138 Å². The molecule has 1 heterocycles. The molecule has 0 atom stereocenters. The second-order valence-electron chi connectivity index (χ2n) is 4.68. The van der Waals surface area contributed by atoms with Crippen molar-refractivity contribution < 1.29 is 4.74 Å². The zero-order valence-electron chi connectivity index (χ0n) is 12.0. The molecule has 0 spiro atoms. The summed E-state index contributed by atoms with van der Waals surface area (Å²) in [5.41, 5.74) is 2.17. The van der Waals surface area contributed by atoms with Crippen LogP contribution in [0.25, 0.3) is 10.1 Å². The van der Waals surface area contributed by atoms with E-state index in [1.54, 1.807) is 0 Å². The molecular weight excluding hydrogens is 346 g/mol. The summed E-state index contributed by atoms with van der Waals surface area (Å²) in [7, 11) is 0. The summed E-state index contributed by atoms with van der Waals surface area (Å²) in [4.78, 5) is 0. The van der Waals surface area contributed by atoms with Gasteiger partial charge in [0.2, 0.25) is 0 Å². The highest BCUT2D eigenvalue weighted by atomic mass is 79.9. The molecule has 0 aliphatic rings. The van der Waals surface area contributed by atoms with E-state index in [4.69, 9.17) is 4.74 Å². The van der Waals surface area contributed by atoms with Crippen LogP contribution < -0.4 is 4.74 Å². The number of allylic oxidation sites excluding steroid dienone is 4. The minimum Gasteiger partial charge on any atom is -0.489 e.